The van der Waals surface area contributed by atoms with Crippen LogP contribution in [0, 0.1) is 11.3 Å². The summed E-state index contributed by atoms with van der Waals surface area (Å²) < 4.78 is 5.31. The number of allylic oxidation sites excluding steroid dienone is 4. The molecule has 0 saturated heterocycles. The van der Waals surface area contributed by atoms with Gasteiger partial charge < -0.3 is 10.1 Å². The highest BCUT2D eigenvalue weighted by molar-refractivity contribution is 5.54. The van der Waals surface area contributed by atoms with E-state index >= 15 is 0 Å². The van der Waals surface area contributed by atoms with Crippen molar-refractivity contribution in [3.05, 3.63) is 35.8 Å². The Balaban J connectivity index is 3.11. The lowest BCUT2D eigenvalue weighted by Gasteiger charge is -2.27. The van der Waals surface area contributed by atoms with Crippen molar-refractivity contribution in [1.82, 2.24) is 5.32 Å². The van der Waals surface area contributed by atoms with Gasteiger partial charge in [-0.3, -0.25) is 4.79 Å². The molecule has 0 heterocycles. The van der Waals surface area contributed by atoms with Gasteiger partial charge in [0, 0.05) is 5.41 Å². The Kier molecular flexibility index (Phi) is 3.93. The molecule has 0 aliphatic heterocycles. The minimum Gasteiger partial charge on any atom is -0.495 e. The van der Waals surface area contributed by atoms with Crippen LogP contribution in [0.3, 0.4) is 0 Å². The normalized spacial score (nSPS) is 24.6. The zero-order valence-electron chi connectivity index (χ0n) is 10.3. The number of methoxy groups -OCH3 is 1. The summed E-state index contributed by atoms with van der Waals surface area (Å²) in [6.45, 7) is 6.46. The van der Waals surface area contributed by atoms with Gasteiger partial charge in [0.15, 0.2) is 0 Å². The number of carbonyl (C=O) groups is 1. The van der Waals surface area contributed by atoms with Crippen molar-refractivity contribution in [1.29, 1.82) is 0 Å². The molecule has 0 bridgehead atoms. The fourth-order valence-corrected chi connectivity index (χ4v) is 1.55. The van der Waals surface area contributed by atoms with Crippen molar-refractivity contribution >= 4 is 6.41 Å². The Morgan fingerprint density at radius 2 is 2.19 bits per heavy atom. The molecule has 0 aromatic heterocycles. The van der Waals surface area contributed by atoms with Gasteiger partial charge in [0.2, 0.25) is 6.41 Å². The maximum atomic E-state index is 10.5. The average Bonchev–Trinajstić information content (AvgIpc) is 2.40. The molecule has 0 aromatic carbocycles. The van der Waals surface area contributed by atoms with E-state index in [1.807, 2.05) is 18.2 Å². The Labute approximate surface area is 96.9 Å². The molecule has 0 fully saturated rings. The second kappa shape index (κ2) is 5.01. The largest absolute Gasteiger partial charge is 0.495 e. The number of carbonyl (C=O) groups excluding carboxylic acids is 1. The molecule has 88 valence electrons. The van der Waals surface area contributed by atoms with Crippen molar-refractivity contribution in [2.75, 3.05) is 7.11 Å². The van der Waals surface area contributed by atoms with Gasteiger partial charge in [-0.15, -0.1) is 0 Å². The van der Waals surface area contributed by atoms with Crippen LogP contribution in [0.25, 0.3) is 0 Å². The van der Waals surface area contributed by atoms with Crippen LogP contribution in [0.1, 0.15) is 20.8 Å². The number of nitrogens with one attached hydrogen (secondary N) is 1. The minimum absolute atomic E-state index is 0.0614. The van der Waals surface area contributed by atoms with Gasteiger partial charge in [0.1, 0.15) is 5.76 Å². The van der Waals surface area contributed by atoms with Crippen molar-refractivity contribution in [2.45, 2.75) is 20.8 Å². The highest BCUT2D eigenvalue weighted by atomic mass is 16.5. The van der Waals surface area contributed by atoms with E-state index < -0.39 is 0 Å². The molecule has 3 nitrogen and oxygen atoms in total. The lowest BCUT2D eigenvalue weighted by molar-refractivity contribution is -0.109. The van der Waals surface area contributed by atoms with E-state index in [2.05, 4.69) is 32.2 Å². The molecule has 1 unspecified atom stereocenters. The van der Waals surface area contributed by atoms with Crippen LogP contribution < -0.4 is 5.32 Å². The SMILES string of the molecule is COC1=CC(C)(C(C)C)C=CC=C1NC=O. The van der Waals surface area contributed by atoms with Crippen LogP contribution >= 0.6 is 0 Å². The van der Waals surface area contributed by atoms with Crippen LogP contribution in [0.2, 0.25) is 0 Å². The smallest absolute Gasteiger partial charge is 0.211 e. The van der Waals surface area contributed by atoms with Crippen LogP contribution in [0.5, 0.6) is 0 Å². The van der Waals surface area contributed by atoms with Crippen LogP contribution in [0.15, 0.2) is 35.8 Å². The molecule has 16 heavy (non-hydrogen) atoms. The zero-order chi connectivity index (χ0) is 12.2. The molecule has 0 saturated carbocycles. The van der Waals surface area contributed by atoms with E-state index in [1.54, 1.807) is 7.11 Å². The lowest BCUT2D eigenvalue weighted by Crippen LogP contribution is -2.20. The molecule has 1 aliphatic rings. The van der Waals surface area contributed by atoms with Crippen molar-refractivity contribution in [2.24, 2.45) is 11.3 Å². The van der Waals surface area contributed by atoms with E-state index in [0.29, 0.717) is 23.8 Å². The molecule has 3 heteroatoms. The van der Waals surface area contributed by atoms with Crippen LogP contribution in [0.4, 0.5) is 0 Å². The van der Waals surface area contributed by atoms with E-state index in [0.717, 1.165) is 0 Å². The maximum Gasteiger partial charge on any atom is 0.211 e. The molecule has 1 amide bonds. The fourth-order valence-electron chi connectivity index (χ4n) is 1.55. The molecule has 0 aromatic rings. The van der Waals surface area contributed by atoms with E-state index in [1.165, 1.54) is 0 Å². The molecule has 0 radical (unpaired) electrons. The Morgan fingerprint density at radius 1 is 1.50 bits per heavy atom. The van der Waals surface area contributed by atoms with Crippen LogP contribution in [-0.4, -0.2) is 13.5 Å². The first-order valence-electron chi connectivity index (χ1n) is 5.40. The highest BCUT2D eigenvalue weighted by Gasteiger charge is 2.26. The third-order valence-corrected chi connectivity index (χ3v) is 3.10. The summed E-state index contributed by atoms with van der Waals surface area (Å²) in [5.41, 5.74) is 0.631. The lowest BCUT2D eigenvalue weighted by atomic mass is 9.78. The Bertz CT molecular complexity index is 353. The molecular formula is C13H19NO2. The third-order valence-electron chi connectivity index (χ3n) is 3.10. The van der Waals surface area contributed by atoms with Gasteiger partial charge in [0.25, 0.3) is 0 Å². The summed E-state index contributed by atoms with van der Waals surface area (Å²) in [7, 11) is 1.61. The predicted molar refractivity (Wildman–Crippen MR) is 64.5 cm³/mol. The fraction of sp³-hybridized carbons (Fsp3) is 0.462. The van der Waals surface area contributed by atoms with Gasteiger partial charge in [0.05, 0.1) is 12.8 Å². The third kappa shape index (κ3) is 2.54. The molecule has 0 spiro atoms. The molecule has 1 aliphatic carbocycles. The summed E-state index contributed by atoms with van der Waals surface area (Å²) >= 11 is 0. The quantitative estimate of drug-likeness (QED) is 0.740. The molecule has 1 rings (SSSR count). The van der Waals surface area contributed by atoms with E-state index in [9.17, 15) is 4.79 Å². The second-order valence-electron chi connectivity index (χ2n) is 4.44. The first-order valence-corrected chi connectivity index (χ1v) is 5.40. The summed E-state index contributed by atoms with van der Waals surface area (Å²) in [5.74, 6) is 1.16. The number of rotatable bonds is 4. The number of hydrogen-bond donors (Lipinski definition) is 1. The Hall–Kier alpha value is -1.51. The van der Waals surface area contributed by atoms with Crippen molar-refractivity contribution < 1.29 is 9.53 Å². The predicted octanol–water partition coefficient (Wildman–Crippen LogP) is 2.38. The Morgan fingerprint density at radius 3 is 2.69 bits per heavy atom. The number of amides is 1. The number of hydrogen-bond acceptors (Lipinski definition) is 2. The zero-order valence-corrected chi connectivity index (χ0v) is 10.3. The topological polar surface area (TPSA) is 38.3 Å². The summed E-state index contributed by atoms with van der Waals surface area (Å²) in [6.07, 6.45) is 8.62. The molecule has 1 atom stereocenters. The van der Waals surface area contributed by atoms with Gasteiger partial charge in [-0.1, -0.05) is 32.9 Å². The van der Waals surface area contributed by atoms with Crippen molar-refractivity contribution in [3.8, 4) is 0 Å². The van der Waals surface area contributed by atoms with Crippen LogP contribution in [-0.2, 0) is 9.53 Å². The maximum absolute atomic E-state index is 10.5. The minimum atomic E-state index is -0.0614. The van der Waals surface area contributed by atoms with Gasteiger partial charge in [-0.25, -0.2) is 0 Å². The van der Waals surface area contributed by atoms with Gasteiger partial charge >= 0.3 is 0 Å². The van der Waals surface area contributed by atoms with E-state index in [4.69, 9.17) is 4.74 Å². The molecule has 1 N–H and O–H groups in total. The standard InChI is InChI=1S/C13H19NO2/c1-10(2)13(3)7-5-6-11(14-9-15)12(8-13)16-4/h5-10H,1-4H3,(H,14,15). The monoisotopic (exact) mass is 221 g/mol. The second-order valence-corrected chi connectivity index (χ2v) is 4.44. The van der Waals surface area contributed by atoms with Gasteiger partial charge in [-0.2, -0.15) is 0 Å². The average molecular weight is 221 g/mol. The van der Waals surface area contributed by atoms with E-state index in [-0.39, 0.29) is 5.41 Å². The first kappa shape index (κ1) is 12.6. The highest BCUT2D eigenvalue weighted by Crippen LogP contribution is 2.34. The summed E-state index contributed by atoms with van der Waals surface area (Å²) in [6, 6.07) is 0. The molecular weight excluding hydrogens is 202 g/mol. The summed E-state index contributed by atoms with van der Waals surface area (Å²) in [5, 5.41) is 2.64. The summed E-state index contributed by atoms with van der Waals surface area (Å²) in [4.78, 5) is 10.5. The van der Waals surface area contributed by atoms with Gasteiger partial charge in [-0.05, 0) is 18.1 Å². The van der Waals surface area contributed by atoms with Crippen molar-refractivity contribution in [3.63, 3.8) is 0 Å². The first-order chi connectivity index (χ1) is 7.53. The number of ether oxygens (including phenoxy) is 1.